The number of benzene rings is 2. The van der Waals surface area contributed by atoms with Crippen molar-refractivity contribution in [2.45, 2.75) is 6.04 Å². The molecular weight excluding hydrogens is 312 g/mol. The highest BCUT2D eigenvalue weighted by Gasteiger charge is 2.39. The summed E-state index contributed by atoms with van der Waals surface area (Å²) in [6, 6.07) is 13.0. The van der Waals surface area contributed by atoms with Gasteiger partial charge < -0.3 is 10.4 Å². The van der Waals surface area contributed by atoms with E-state index in [-0.39, 0.29) is 17.0 Å². The number of nitrogens with zero attached hydrogens (tertiary/aromatic N) is 1. The second-order valence-electron chi connectivity index (χ2n) is 5.22. The molecule has 2 aromatic carbocycles. The third kappa shape index (κ3) is 2.63. The van der Waals surface area contributed by atoms with Crippen LogP contribution in [0.1, 0.15) is 17.2 Å². The van der Waals surface area contributed by atoms with Crippen LogP contribution in [-0.4, -0.2) is 21.7 Å². The first-order valence-corrected chi connectivity index (χ1v) is 7.07. The molecule has 7 nitrogen and oxygen atoms in total. The van der Waals surface area contributed by atoms with Crippen LogP contribution in [0.15, 0.2) is 60.2 Å². The zero-order valence-electron chi connectivity index (χ0n) is 12.3. The van der Waals surface area contributed by atoms with Crippen molar-refractivity contribution in [3.05, 3.63) is 81.4 Å². The molecule has 1 heterocycles. The van der Waals surface area contributed by atoms with Gasteiger partial charge in [-0.2, -0.15) is 0 Å². The van der Waals surface area contributed by atoms with Crippen molar-refractivity contribution in [3.8, 4) is 0 Å². The number of carbonyl (C=O) groups excluding carboxylic acids is 2. The van der Waals surface area contributed by atoms with Gasteiger partial charge in [0.15, 0.2) is 0 Å². The second-order valence-corrected chi connectivity index (χ2v) is 5.22. The zero-order valence-corrected chi connectivity index (χ0v) is 12.3. The monoisotopic (exact) mass is 324 g/mol. The Kier molecular flexibility index (Phi) is 3.83. The van der Waals surface area contributed by atoms with E-state index in [1.165, 1.54) is 18.2 Å². The van der Waals surface area contributed by atoms with Gasteiger partial charge in [-0.15, -0.1) is 0 Å². The minimum Gasteiger partial charge on any atom is -0.507 e. The molecule has 2 N–H and O–H groups in total. The average Bonchev–Trinajstić information content (AvgIpc) is 2.90. The lowest BCUT2D eigenvalue weighted by atomic mass is 9.95. The van der Waals surface area contributed by atoms with Gasteiger partial charge in [-0.05, 0) is 5.56 Å². The molecule has 0 spiro atoms. The first kappa shape index (κ1) is 15.4. The SMILES string of the molecule is O=C1NC(c2cccc([N+](=O)[O-])c2)C(=C(O)c2ccccc2)C1=O. The molecule has 0 aliphatic carbocycles. The molecule has 7 heteroatoms. The first-order valence-electron chi connectivity index (χ1n) is 7.07. The minimum atomic E-state index is -0.940. The number of aliphatic hydroxyl groups is 1. The van der Waals surface area contributed by atoms with E-state index in [0.717, 1.165) is 0 Å². The summed E-state index contributed by atoms with van der Waals surface area (Å²) in [6.07, 6.45) is 0. The Hall–Kier alpha value is -3.48. The van der Waals surface area contributed by atoms with E-state index in [0.29, 0.717) is 11.1 Å². The highest BCUT2D eigenvalue weighted by atomic mass is 16.6. The minimum absolute atomic E-state index is 0.119. The van der Waals surface area contributed by atoms with Crippen LogP contribution in [0.25, 0.3) is 5.76 Å². The van der Waals surface area contributed by atoms with Crippen molar-refractivity contribution in [2.24, 2.45) is 0 Å². The summed E-state index contributed by atoms with van der Waals surface area (Å²) >= 11 is 0. The lowest BCUT2D eigenvalue weighted by molar-refractivity contribution is -0.384. The van der Waals surface area contributed by atoms with E-state index in [4.69, 9.17) is 0 Å². The van der Waals surface area contributed by atoms with Crippen molar-refractivity contribution in [2.75, 3.05) is 0 Å². The number of hydrogen-bond acceptors (Lipinski definition) is 5. The summed E-state index contributed by atoms with van der Waals surface area (Å²) in [7, 11) is 0. The number of hydrogen-bond donors (Lipinski definition) is 2. The lowest BCUT2D eigenvalue weighted by Gasteiger charge is -2.13. The molecule has 0 bridgehead atoms. The van der Waals surface area contributed by atoms with Crippen molar-refractivity contribution in [1.29, 1.82) is 0 Å². The molecule has 1 fully saturated rings. The lowest BCUT2D eigenvalue weighted by Crippen LogP contribution is -2.21. The van der Waals surface area contributed by atoms with Gasteiger partial charge in [-0.1, -0.05) is 42.5 Å². The molecule has 1 saturated heterocycles. The maximum absolute atomic E-state index is 12.2. The van der Waals surface area contributed by atoms with Gasteiger partial charge in [0.2, 0.25) is 0 Å². The van der Waals surface area contributed by atoms with Crippen molar-refractivity contribution in [3.63, 3.8) is 0 Å². The Morgan fingerprint density at radius 3 is 2.46 bits per heavy atom. The Morgan fingerprint density at radius 1 is 1.08 bits per heavy atom. The number of carbonyl (C=O) groups is 2. The van der Waals surface area contributed by atoms with Crippen LogP contribution >= 0.6 is 0 Å². The van der Waals surface area contributed by atoms with E-state index in [1.54, 1.807) is 36.4 Å². The molecule has 1 unspecified atom stereocenters. The second kappa shape index (κ2) is 5.96. The van der Waals surface area contributed by atoms with Gasteiger partial charge in [0.05, 0.1) is 16.5 Å². The third-order valence-corrected chi connectivity index (χ3v) is 3.73. The fourth-order valence-corrected chi connectivity index (χ4v) is 2.59. The van der Waals surface area contributed by atoms with Gasteiger partial charge in [0.1, 0.15) is 5.76 Å². The number of rotatable bonds is 3. The van der Waals surface area contributed by atoms with Crippen LogP contribution in [0.4, 0.5) is 5.69 Å². The number of aliphatic hydroxyl groups excluding tert-OH is 1. The van der Waals surface area contributed by atoms with Gasteiger partial charge in [-0.25, -0.2) is 0 Å². The van der Waals surface area contributed by atoms with Crippen LogP contribution in [0, 0.1) is 10.1 Å². The molecule has 3 rings (SSSR count). The summed E-state index contributed by atoms with van der Waals surface area (Å²) in [5, 5.41) is 23.8. The van der Waals surface area contributed by atoms with E-state index in [2.05, 4.69) is 5.32 Å². The first-order chi connectivity index (χ1) is 11.5. The molecule has 1 atom stereocenters. The molecular formula is C17H12N2O5. The van der Waals surface area contributed by atoms with Crippen molar-refractivity contribution < 1.29 is 19.6 Å². The fourth-order valence-electron chi connectivity index (χ4n) is 2.59. The van der Waals surface area contributed by atoms with Gasteiger partial charge in [0.25, 0.3) is 17.4 Å². The van der Waals surface area contributed by atoms with Crippen LogP contribution in [0.2, 0.25) is 0 Å². The number of Topliss-reactive ketones (excluding diaryl/α,β-unsaturated/α-hetero) is 1. The Morgan fingerprint density at radius 2 is 1.79 bits per heavy atom. The number of nitrogens with one attached hydrogen (secondary N) is 1. The summed E-state index contributed by atoms with van der Waals surface area (Å²) in [5.41, 5.74) is 0.444. The summed E-state index contributed by atoms with van der Waals surface area (Å²) < 4.78 is 0. The molecule has 1 aliphatic heterocycles. The van der Waals surface area contributed by atoms with Crippen molar-refractivity contribution >= 4 is 23.1 Å². The predicted octanol–water partition coefficient (Wildman–Crippen LogP) is 2.30. The summed E-state index contributed by atoms with van der Waals surface area (Å²) in [4.78, 5) is 34.3. The van der Waals surface area contributed by atoms with Crippen molar-refractivity contribution in [1.82, 2.24) is 5.32 Å². The molecule has 24 heavy (non-hydrogen) atoms. The normalized spacial score (nSPS) is 19.1. The molecule has 1 aliphatic rings. The largest absolute Gasteiger partial charge is 0.507 e. The number of non-ortho nitro benzene ring substituents is 1. The smallest absolute Gasteiger partial charge is 0.293 e. The number of nitro groups is 1. The highest BCUT2D eigenvalue weighted by molar-refractivity contribution is 6.46. The van der Waals surface area contributed by atoms with Crippen LogP contribution in [-0.2, 0) is 9.59 Å². The topological polar surface area (TPSA) is 110 Å². The molecule has 2 aromatic rings. The van der Waals surface area contributed by atoms with E-state index < -0.39 is 22.7 Å². The van der Waals surface area contributed by atoms with Crippen LogP contribution in [0.5, 0.6) is 0 Å². The zero-order chi connectivity index (χ0) is 17.3. The molecule has 1 amide bonds. The summed E-state index contributed by atoms with van der Waals surface area (Å²) in [5.74, 6) is -2.03. The summed E-state index contributed by atoms with van der Waals surface area (Å²) in [6.45, 7) is 0. The fraction of sp³-hybridized carbons (Fsp3) is 0.0588. The standard InChI is InChI=1S/C17H12N2O5/c20-15(10-5-2-1-3-6-10)13-14(18-17(22)16(13)21)11-7-4-8-12(9-11)19(23)24/h1-9,14,20H,(H,18,22). The third-order valence-electron chi connectivity index (χ3n) is 3.73. The molecule has 0 radical (unpaired) electrons. The Balaban J connectivity index is 2.13. The Labute approximate surface area is 136 Å². The predicted molar refractivity (Wildman–Crippen MR) is 85.0 cm³/mol. The van der Waals surface area contributed by atoms with E-state index >= 15 is 0 Å². The molecule has 0 saturated carbocycles. The molecule has 0 aromatic heterocycles. The molecule has 120 valence electrons. The average molecular weight is 324 g/mol. The van der Waals surface area contributed by atoms with Gasteiger partial charge >= 0.3 is 0 Å². The van der Waals surface area contributed by atoms with Crippen LogP contribution < -0.4 is 5.32 Å². The number of amides is 1. The quantitative estimate of drug-likeness (QED) is 0.296. The number of nitro benzene ring substituents is 1. The maximum Gasteiger partial charge on any atom is 0.293 e. The van der Waals surface area contributed by atoms with E-state index in [9.17, 15) is 24.8 Å². The van der Waals surface area contributed by atoms with Gasteiger partial charge in [0, 0.05) is 17.7 Å². The Bertz CT molecular complexity index is 874. The number of ketones is 1. The highest BCUT2D eigenvalue weighted by Crippen LogP contribution is 2.33. The van der Waals surface area contributed by atoms with E-state index in [1.807, 2.05) is 0 Å². The van der Waals surface area contributed by atoms with Gasteiger partial charge in [-0.3, -0.25) is 19.7 Å². The van der Waals surface area contributed by atoms with Crippen LogP contribution in [0.3, 0.4) is 0 Å². The maximum atomic E-state index is 12.2.